The van der Waals surface area contributed by atoms with Gasteiger partial charge >= 0.3 is 5.97 Å². The van der Waals surface area contributed by atoms with Gasteiger partial charge in [-0.15, -0.1) is 0 Å². The van der Waals surface area contributed by atoms with Crippen LogP contribution in [0.25, 0.3) is 21.8 Å². The van der Waals surface area contributed by atoms with Crippen LogP contribution in [0.2, 0.25) is 0 Å². The number of nitrogens with two attached hydrogens (primary N) is 2. The Morgan fingerprint density at radius 2 is 1.68 bits per heavy atom. The minimum absolute atomic E-state index is 0.292. The van der Waals surface area contributed by atoms with E-state index in [1.54, 1.807) is 12.1 Å². The van der Waals surface area contributed by atoms with E-state index in [-0.39, 0.29) is 0 Å². The van der Waals surface area contributed by atoms with Gasteiger partial charge in [-0.2, -0.15) is 0 Å². The Morgan fingerprint density at radius 1 is 1.00 bits per heavy atom. The van der Waals surface area contributed by atoms with E-state index in [1.807, 2.05) is 36.4 Å². The van der Waals surface area contributed by atoms with E-state index < -0.39 is 5.97 Å². The van der Waals surface area contributed by atoms with Crippen LogP contribution in [0.3, 0.4) is 0 Å². The van der Waals surface area contributed by atoms with Crippen LogP contribution >= 0.6 is 0 Å². The predicted octanol–water partition coefficient (Wildman–Crippen LogP) is 1.91. The molecule has 0 amide bonds. The molecule has 0 saturated heterocycles. The summed E-state index contributed by atoms with van der Waals surface area (Å²) in [5, 5.41) is 10.8. The number of hydrogen-bond acceptors (Lipinski definition) is 4. The van der Waals surface area contributed by atoms with Gasteiger partial charge in [-0.3, -0.25) is 11.7 Å². The first-order valence-electron chi connectivity index (χ1n) is 5.61. The molecule has 5 nitrogen and oxygen atoms in total. The van der Waals surface area contributed by atoms with Gasteiger partial charge in [0.05, 0.1) is 16.6 Å². The molecule has 0 radical (unpaired) electrons. The molecule has 0 aliphatic rings. The summed E-state index contributed by atoms with van der Waals surface area (Å²) in [7, 11) is 0. The lowest BCUT2D eigenvalue weighted by atomic mass is 10.1. The number of carboxylic acids is 1. The SMILES string of the molecule is NN.O=C(O)c1cccc2nc3ccccc3cc12. The molecule has 1 heterocycles. The number of hydrazine groups is 1. The van der Waals surface area contributed by atoms with Crippen molar-refractivity contribution >= 4 is 27.8 Å². The Kier molecular flexibility index (Phi) is 3.70. The smallest absolute Gasteiger partial charge is 0.336 e. The summed E-state index contributed by atoms with van der Waals surface area (Å²) < 4.78 is 0. The number of rotatable bonds is 1. The summed E-state index contributed by atoms with van der Waals surface area (Å²) in [6.45, 7) is 0. The van der Waals surface area contributed by atoms with Crippen molar-refractivity contribution in [3.8, 4) is 0 Å². The van der Waals surface area contributed by atoms with E-state index in [4.69, 9.17) is 5.11 Å². The van der Waals surface area contributed by atoms with E-state index in [9.17, 15) is 4.79 Å². The number of aromatic nitrogens is 1. The Balaban J connectivity index is 0.000000637. The summed E-state index contributed by atoms with van der Waals surface area (Å²) in [5.74, 6) is 7.08. The monoisotopic (exact) mass is 255 g/mol. The molecule has 19 heavy (non-hydrogen) atoms. The third-order valence-corrected chi connectivity index (χ3v) is 2.79. The second-order valence-electron chi connectivity index (χ2n) is 3.86. The van der Waals surface area contributed by atoms with Gasteiger partial charge < -0.3 is 5.11 Å². The minimum atomic E-state index is -0.923. The van der Waals surface area contributed by atoms with Gasteiger partial charge in [0, 0.05) is 10.8 Å². The van der Waals surface area contributed by atoms with Crippen molar-refractivity contribution < 1.29 is 9.90 Å². The van der Waals surface area contributed by atoms with Gasteiger partial charge in [0.15, 0.2) is 0 Å². The van der Waals surface area contributed by atoms with E-state index >= 15 is 0 Å². The topological polar surface area (TPSA) is 102 Å². The molecule has 0 fully saturated rings. The van der Waals surface area contributed by atoms with Gasteiger partial charge in [0.1, 0.15) is 0 Å². The highest BCUT2D eigenvalue weighted by atomic mass is 16.4. The maximum absolute atomic E-state index is 11.1. The third kappa shape index (κ3) is 2.37. The zero-order valence-electron chi connectivity index (χ0n) is 10.1. The molecule has 2 aromatic carbocycles. The molecule has 3 aromatic rings. The number of pyridine rings is 1. The van der Waals surface area contributed by atoms with Gasteiger partial charge in [-0.25, -0.2) is 9.78 Å². The van der Waals surface area contributed by atoms with Crippen molar-refractivity contribution in [1.82, 2.24) is 4.98 Å². The highest BCUT2D eigenvalue weighted by Gasteiger charge is 2.09. The van der Waals surface area contributed by atoms with E-state index in [1.165, 1.54) is 0 Å². The molecule has 96 valence electrons. The maximum atomic E-state index is 11.1. The van der Waals surface area contributed by atoms with Crippen LogP contribution < -0.4 is 11.7 Å². The van der Waals surface area contributed by atoms with Crippen molar-refractivity contribution in [2.45, 2.75) is 0 Å². The van der Waals surface area contributed by atoms with Crippen LogP contribution in [-0.2, 0) is 0 Å². The zero-order valence-corrected chi connectivity index (χ0v) is 10.1. The summed E-state index contributed by atoms with van der Waals surface area (Å²) >= 11 is 0. The number of nitrogens with zero attached hydrogens (tertiary/aromatic N) is 1. The Labute approximate surface area is 109 Å². The van der Waals surface area contributed by atoms with Crippen LogP contribution in [0.15, 0.2) is 48.5 Å². The molecular weight excluding hydrogens is 242 g/mol. The summed E-state index contributed by atoms with van der Waals surface area (Å²) in [6.07, 6.45) is 0. The molecule has 3 rings (SSSR count). The highest BCUT2D eigenvalue weighted by Crippen LogP contribution is 2.22. The largest absolute Gasteiger partial charge is 0.478 e. The first-order valence-corrected chi connectivity index (χ1v) is 5.61. The number of carbonyl (C=O) groups is 1. The number of benzene rings is 2. The van der Waals surface area contributed by atoms with Crippen LogP contribution in [-0.4, -0.2) is 16.1 Å². The fourth-order valence-electron chi connectivity index (χ4n) is 1.99. The molecule has 0 aliphatic heterocycles. The predicted molar refractivity (Wildman–Crippen MR) is 74.6 cm³/mol. The first kappa shape index (κ1) is 12.9. The molecule has 0 atom stereocenters. The lowest BCUT2D eigenvalue weighted by molar-refractivity contribution is 0.0699. The van der Waals surface area contributed by atoms with E-state index in [0.29, 0.717) is 16.5 Å². The van der Waals surface area contributed by atoms with Crippen LogP contribution in [0.5, 0.6) is 0 Å². The van der Waals surface area contributed by atoms with Gasteiger partial charge in [0.2, 0.25) is 0 Å². The lowest BCUT2D eigenvalue weighted by Crippen LogP contribution is -2.02. The van der Waals surface area contributed by atoms with Crippen molar-refractivity contribution in [2.24, 2.45) is 11.7 Å². The van der Waals surface area contributed by atoms with Gasteiger partial charge in [-0.05, 0) is 24.3 Å². The highest BCUT2D eigenvalue weighted by molar-refractivity contribution is 6.05. The van der Waals surface area contributed by atoms with Crippen molar-refractivity contribution in [2.75, 3.05) is 0 Å². The molecule has 0 aliphatic carbocycles. The Hall–Kier alpha value is -2.50. The molecule has 1 aromatic heterocycles. The molecule has 0 unspecified atom stereocenters. The van der Waals surface area contributed by atoms with Gasteiger partial charge in [-0.1, -0.05) is 24.3 Å². The molecule has 5 N–H and O–H groups in total. The number of fused-ring (bicyclic) bond motifs is 2. The Morgan fingerprint density at radius 3 is 2.42 bits per heavy atom. The number of para-hydroxylation sites is 1. The normalized spacial score (nSPS) is 10.0. The summed E-state index contributed by atoms with van der Waals surface area (Å²) in [6, 6.07) is 14.7. The zero-order chi connectivity index (χ0) is 13.8. The number of carboxylic acid groups (broad SMARTS) is 1. The first-order chi connectivity index (χ1) is 9.25. The quantitative estimate of drug-likeness (QED) is 0.350. The summed E-state index contributed by atoms with van der Waals surface area (Å²) in [5.41, 5.74) is 1.88. The van der Waals surface area contributed by atoms with Crippen LogP contribution in [0, 0.1) is 0 Å². The average molecular weight is 255 g/mol. The number of hydrogen-bond donors (Lipinski definition) is 3. The van der Waals surface area contributed by atoms with Crippen molar-refractivity contribution in [3.05, 3.63) is 54.1 Å². The molecule has 0 bridgehead atoms. The van der Waals surface area contributed by atoms with Crippen molar-refractivity contribution in [1.29, 1.82) is 0 Å². The van der Waals surface area contributed by atoms with E-state index in [2.05, 4.69) is 16.7 Å². The third-order valence-electron chi connectivity index (χ3n) is 2.79. The second-order valence-corrected chi connectivity index (χ2v) is 3.86. The second kappa shape index (κ2) is 5.43. The van der Waals surface area contributed by atoms with Crippen LogP contribution in [0.1, 0.15) is 10.4 Å². The molecule has 0 spiro atoms. The van der Waals surface area contributed by atoms with Gasteiger partial charge in [0.25, 0.3) is 0 Å². The lowest BCUT2D eigenvalue weighted by Gasteiger charge is -2.04. The maximum Gasteiger partial charge on any atom is 0.336 e. The fourth-order valence-corrected chi connectivity index (χ4v) is 1.99. The molecular formula is C14H13N3O2. The minimum Gasteiger partial charge on any atom is -0.478 e. The fraction of sp³-hybridized carbons (Fsp3) is 0. The standard InChI is InChI=1S/C14H9NO2.H4N2/c16-14(17)10-5-3-7-13-11(10)8-9-4-1-2-6-12(9)15-13;1-2/h1-8H,(H,16,17);1-2H2. The van der Waals surface area contributed by atoms with Crippen molar-refractivity contribution in [3.63, 3.8) is 0 Å². The molecule has 5 heteroatoms. The molecule has 0 saturated carbocycles. The summed E-state index contributed by atoms with van der Waals surface area (Å²) in [4.78, 5) is 15.6. The van der Waals surface area contributed by atoms with E-state index in [0.717, 1.165) is 10.9 Å². The van der Waals surface area contributed by atoms with Crippen LogP contribution in [0.4, 0.5) is 0 Å². The average Bonchev–Trinajstić information content (AvgIpc) is 2.46. The Bertz CT molecular complexity index is 741. The number of aromatic carboxylic acids is 1.